The van der Waals surface area contributed by atoms with Crippen LogP contribution in [0.3, 0.4) is 0 Å². The van der Waals surface area contributed by atoms with Gasteiger partial charge in [-0.15, -0.1) is 0 Å². The van der Waals surface area contributed by atoms with E-state index in [1.54, 1.807) is 0 Å². The lowest BCUT2D eigenvalue weighted by Gasteiger charge is -2.31. The topological polar surface area (TPSA) is 41.9 Å². The van der Waals surface area contributed by atoms with Crippen molar-refractivity contribution in [1.82, 2.24) is 4.90 Å². The fraction of sp³-hybridized carbons (Fsp3) is 0.625. The van der Waals surface area contributed by atoms with E-state index in [0.717, 1.165) is 44.0 Å². The number of nitrogens with zero attached hydrogens (tertiary/aromatic N) is 1. The van der Waals surface area contributed by atoms with Gasteiger partial charge in [-0.2, -0.15) is 0 Å². The van der Waals surface area contributed by atoms with Crippen LogP contribution in [-0.2, 0) is 4.74 Å². The highest BCUT2D eigenvalue weighted by Gasteiger charge is 2.19. The summed E-state index contributed by atoms with van der Waals surface area (Å²) < 4.78 is 11.5. The lowest BCUT2D eigenvalue weighted by Crippen LogP contribution is -2.44. The summed E-state index contributed by atoms with van der Waals surface area (Å²) in [5, 5.41) is 9.74. The zero-order valence-electron chi connectivity index (χ0n) is 12.4. The maximum atomic E-state index is 9.74. The van der Waals surface area contributed by atoms with E-state index < -0.39 is 0 Å². The number of rotatable bonds is 6. The molecule has 0 saturated carbocycles. The van der Waals surface area contributed by atoms with E-state index >= 15 is 0 Å². The van der Waals surface area contributed by atoms with Crippen molar-refractivity contribution in [1.29, 1.82) is 0 Å². The Kier molecular flexibility index (Phi) is 5.83. The second-order valence-electron chi connectivity index (χ2n) is 5.19. The minimum absolute atomic E-state index is 0.143. The Morgan fingerprint density at radius 1 is 1.35 bits per heavy atom. The van der Waals surface area contributed by atoms with Crippen molar-refractivity contribution < 1.29 is 14.6 Å². The number of hydrogen-bond donors (Lipinski definition) is 1. The summed E-state index contributed by atoms with van der Waals surface area (Å²) in [6.07, 6.45) is 0.483. The van der Waals surface area contributed by atoms with Gasteiger partial charge in [0.15, 0.2) is 0 Å². The molecule has 1 N–H and O–H groups in total. The van der Waals surface area contributed by atoms with Gasteiger partial charge in [-0.25, -0.2) is 0 Å². The number of aliphatic hydroxyl groups is 1. The minimum Gasteiger partial charge on any atom is -0.491 e. The van der Waals surface area contributed by atoms with Crippen LogP contribution in [0.1, 0.15) is 31.9 Å². The molecule has 0 bridgehead atoms. The molecule has 4 nitrogen and oxygen atoms in total. The Bertz CT molecular complexity index is 393. The van der Waals surface area contributed by atoms with Crippen LogP contribution in [0.25, 0.3) is 0 Å². The fourth-order valence-corrected chi connectivity index (χ4v) is 2.38. The van der Waals surface area contributed by atoms with E-state index in [9.17, 15) is 5.11 Å². The first kappa shape index (κ1) is 15.3. The Morgan fingerprint density at radius 3 is 2.75 bits per heavy atom. The third kappa shape index (κ3) is 4.20. The summed E-state index contributed by atoms with van der Waals surface area (Å²) in [4.78, 5) is 2.37. The highest BCUT2D eigenvalue weighted by atomic mass is 16.5. The van der Waals surface area contributed by atoms with Crippen molar-refractivity contribution in [2.45, 2.75) is 32.5 Å². The summed E-state index contributed by atoms with van der Waals surface area (Å²) in [5.74, 6) is 0.828. The Labute approximate surface area is 121 Å². The zero-order chi connectivity index (χ0) is 14.4. The van der Waals surface area contributed by atoms with E-state index in [4.69, 9.17) is 9.47 Å². The SMILES string of the molecule is CC[C@@H](O)c1ccc(OCC2CN(CC)CCO2)cc1. The van der Waals surface area contributed by atoms with Crippen molar-refractivity contribution in [2.24, 2.45) is 0 Å². The average molecular weight is 279 g/mol. The summed E-state index contributed by atoms with van der Waals surface area (Å²) in [7, 11) is 0. The van der Waals surface area contributed by atoms with Crippen LogP contribution in [0.15, 0.2) is 24.3 Å². The molecule has 4 heteroatoms. The number of morpholine rings is 1. The third-order valence-corrected chi connectivity index (χ3v) is 3.76. The van der Waals surface area contributed by atoms with E-state index in [1.807, 2.05) is 31.2 Å². The van der Waals surface area contributed by atoms with Crippen LogP contribution in [0.4, 0.5) is 0 Å². The first-order chi connectivity index (χ1) is 9.72. The second kappa shape index (κ2) is 7.62. The molecule has 0 amide bonds. The average Bonchev–Trinajstić information content (AvgIpc) is 2.53. The highest BCUT2D eigenvalue weighted by molar-refractivity contribution is 5.28. The van der Waals surface area contributed by atoms with Crippen LogP contribution in [0.2, 0.25) is 0 Å². The second-order valence-corrected chi connectivity index (χ2v) is 5.19. The molecule has 2 rings (SSSR count). The van der Waals surface area contributed by atoms with E-state index in [0.29, 0.717) is 6.61 Å². The number of benzene rings is 1. The van der Waals surface area contributed by atoms with Gasteiger partial charge in [0.1, 0.15) is 18.5 Å². The first-order valence-corrected chi connectivity index (χ1v) is 7.47. The van der Waals surface area contributed by atoms with Gasteiger partial charge >= 0.3 is 0 Å². The molecule has 0 aliphatic carbocycles. The predicted molar refractivity (Wildman–Crippen MR) is 79.0 cm³/mol. The van der Waals surface area contributed by atoms with Gasteiger partial charge in [0.05, 0.1) is 12.7 Å². The molecule has 0 aromatic heterocycles. The van der Waals surface area contributed by atoms with Crippen LogP contribution < -0.4 is 4.74 Å². The molecule has 1 aliphatic rings. The number of hydrogen-bond acceptors (Lipinski definition) is 4. The molecule has 0 radical (unpaired) electrons. The van der Waals surface area contributed by atoms with Gasteiger partial charge in [-0.05, 0) is 30.7 Å². The van der Waals surface area contributed by atoms with E-state index in [1.165, 1.54) is 0 Å². The molecular formula is C16H25NO3. The summed E-state index contributed by atoms with van der Waals surface area (Å²) in [6, 6.07) is 7.66. The maximum Gasteiger partial charge on any atom is 0.119 e. The standard InChI is InChI=1S/C16H25NO3/c1-3-16(18)13-5-7-14(8-6-13)20-12-15-11-17(4-2)9-10-19-15/h5-8,15-16,18H,3-4,9-12H2,1-2H3/t15?,16-/m1/s1. The predicted octanol–water partition coefficient (Wildman–Crippen LogP) is 2.23. The highest BCUT2D eigenvalue weighted by Crippen LogP contribution is 2.20. The van der Waals surface area contributed by atoms with Crippen molar-refractivity contribution in [3.8, 4) is 5.75 Å². The van der Waals surface area contributed by atoms with Crippen molar-refractivity contribution in [3.63, 3.8) is 0 Å². The number of likely N-dealkylation sites (N-methyl/N-ethyl adjacent to an activating group) is 1. The van der Waals surface area contributed by atoms with E-state index in [-0.39, 0.29) is 12.2 Å². The van der Waals surface area contributed by atoms with Gasteiger partial charge in [0.2, 0.25) is 0 Å². The zero-order valence-corrected chi connectivity index (χ0v) is 12.4. The van der Waals surface area contributed by atoms with Gasteiger partial charge in [0, 0.05) is 13.1 Å². The van der Waals surface area contributed by atoms with E-state index in [2.05, 4.69) is 11.8 Å². The molecule has 112 valence electrons. The molecule has 20 heavy (non-hydrogen) atoms. The smallest absolute Gasteiger partial charge is 0.119 e. The molecule has 0 spiro atoms. The van der Waals surface area contributed by atoms with Crippen LogP contribution in [-0.4, -0.2) is 49.0 Å². The summed E-state index contributed by atoms with van der Waals surface area (Å²) in [5.41, 5.74) is 0.936. The summed E-state index contributed by atoms with van der Waals surface area (Å²) >= 11 is 0. The normalized spacial score (nSPS) is 21.6. The molecule has 2 atom stereocenters. The molecule has 1 aromatic rings. The minimum atomic E-state index is -0.385. The summed E-state index contributed by atoms with van der Waals surface area (Å²) in [6.45, 7) is 8.49. The molecule has 1 fully saturated rings. The van der Waals surface area contributed by atoms with Crippen LogP contribution in [0.5, 0.6) is 5.75 Å². The molecular weight excluding hydrogens is 254 g/mol. The Balaban J connectivity index is 1.81. The fourth-order valence-electron chi connectivity index (χ4n) is 2.38. The monoisotopic (exact) mass is 279 g/mol. The maximum absolute atomic E-state index is 9.74. The quantitative estimate of drug-likeness (QED) is 0.867. The molecule has 1 saturated heterocycles. The van der Waals surface area contributed by atoms with Gasteiger partial charge in [-0.1, -0.05) is 26.0 Å². The molecule has 1 aromatic carbocycles. The number of ether oxygens (including phenoxy) is 2. The molecule has 1 heterocycles. The van der Waals surface area contributed by atoms with Gasteiger partial charge in [0.25, 0.3) is 0 Å². The van der Waals surface area contributed by atoms with Crippen molar-refractivity contribution in [2.75, 3.05) is 32.8 Å². The van der Waals surface area contributed by atoms with Gasteiger partial charge in [-0.3, -0.25) is 4.90 Å². The molecule has 1 unspecified atom stereocenters. The molecule has 1 aliphatic heterocycles. The lowest BCUT2D eigenvalue weighted by molar-refractivity contribution is -0.0464. The lowest BCUT2D eigenvalue weighted by atomic mass is 10.1. The van der Waals surface area contributed by atoms with Crippen LogP contribution in [0, 0.1) is 0 Å². The first-order valence-electron chi connectivity index (χ1n) is 7.47. The third-order valence-electron chi connectivity index (χ3n) is 3.76. The number of aliphatic hydroxyl groups excluding tert-OH is 1. The Morgan fingerprint density at radius 2 is 2.10 bits per heavy atom. The van der Waals surface area contributed by atoms with Crippen molar-refractivity contribution in [3.05, 3.63) is 29.8 Å². The van der Waals surface area contributed by atoms with Crippen LogP contribution >= 0.6 is 0 Å². The van der Waals surface area contributed by atoms with Gasteiger partial charge < -0.3 is 14.6 Å². The largest absolute Gasteiger partial charge is 0.491 e. The van der Waals surface area contributed by atoms with Crippen molar-refractivity contribution >= 4 is 0 Å². The Hall–Kier alpha value is -1.10.